The predicted octanol–water partition coefficient (Wildman–Crippen LogP) is 1.58. The Hall–Kier alpha value is -2.90. The third-order valence-corrected chi connectivity index (χ3v) is 2.31. The van der Waals surface area contributed by atoms with Gasteiger partial charge in [-0.05, 0) is 31.2 Å². The number of azo groups is 1. The van der Waals surface area contributed by atoms with Crippen molar-refractivity contribution in [1.29, 1.82) is 0 Å². The lowest BCUT2D eigenvalue weighted by molar-refractivity contribution is 0.340. The summed E-state index contributed by atoms with van der Waals surface area (Å²) in [5, 5.41) is 16.8. The molecule has 1 aromatic heterocycles. The van der Waals surface area contributed by atoms with Crippen LogP contribution in [0.2, 0.25) is 0 Å². The fourth-order valence-electron chi connectivity index (χ4n) is 1.44. The Labute approximate surface area is 112 Å². The molecule has 8 nitrogen and oxygen atoms in total. The van der Waals surface area contributed by atoms with Crippen molar-refractivity contribution in [2.45, 2.75) is 6.92 Å². The molecule has 8 heteroatoms. The quantitative estimate of drug-likeness (QED) is 0.734. The molecule has 0 unspecified atom stereocenters. The zero-order valence-corrected chi connectivity index (χ0v) is 10.6. The second-order valence-electron chi connectivity index (χ2n) is 3.73. The molecule has 0 saturated carbocycles. The summed E-state index contributed by atoms with van der Waals surface area (Å²) < 4.78 is 5.27. The SMILES string of the molecule is CCOc1ccc(N=Nc2c(O)[nH]c(=O)[nH]c2=O)cc1. The van der Waals surface area contributed by atoms with Crippen molar-refractivity contribution in [3.63, 3.8) is 0 Å². The van der Waals surface area contributed by atoms with Gasteiger partial charge in [-0.2, -0.15) is 5.11 Å². The number of hydrogen-bond donors (Lipinski definition) is 3. The van der Waals surface area contributed by atoms with Crippen molar-refractivity contribution in [1.82, 2.24) is 9.97 Å². The minimum atomic E-state index is -0.819. The number of H-pyrrole nitrogens is 2. The Morgan fingerprint density at radius 2 is 1.85 bits per heavy atom. The van der Waals surface area contributed by atoms with Crippen molar-refractivity contribution in [2.24, 2.45) is 10.2 Å². The summed E-state index contributed by atoms with van der Waals surface area (Å²) in [6, 6.07) is 6.69. The molecule has 0 amide bonds. The van der Waals surface area contributed by atoms with Gasteiger partial charge < -0.3 is 9.84 Å². The van der Waals surface area contributed by atoms with Crippen LogP contribution in [-0.4, -0.2) is 21.7 Å². The predicted molar refractivity (Wildman–Crippen MR) is 71.1 cm³/mol. The van der Waals surface area contributed by atoms with E-state index in [-0.39, 0.29) is 5.69 Å². The number of benzene rings is 1. The highest BCUT2D eigenvalue weighted by molar-refractivity contribution is 5.45. The third kappa shape index (κ3) is 3.10. The number of nitrogens with zero attached hydrogens (tertiary/aromatic N) is 2. The molecule has 1 heterocycles. The number of aromatic nitrogens is 2. The van der Waals surface area contributed by atoms with Gasteiger partial charge in [0, 0.05) is 0 Å². The lowest BCUT2D eigenvalue weighted by Crippen LogP contribution is -2.20. The summed E-state index contributed by atoms with van der Waals surface area (Å²) in [5.41, 5.74) is -1.52. The molecule has 0 aliphatic rings. The number of aromatic hydroxyl groups is 1. The summed E-state index contributed by atoms with van der Waals surface area (Å²) in [6.45, 7) is 2.43. The minimum Gasteiger partial charge on any atom is -0.494 e. The standard InChI is InChI=1S/C12H12N4O4/c1-2-20-8-5-3-7(4-6-8)15-16-9-10(17)13-12(19)14-11(9)18/h3-6H,2H2,1H3,(H3,13,14,17,18,19). The van der Waals surface area contributed by atoms with Crippen molar-refractivity contribution in [2.75, 3.05) is 6.61 Å². The number of nitrogens with one attached hydrogen (secondary N) is 2. The van der Waals surface area contributed by atoms with Crippen molar-refractivity contribution >= 4 is 11.4 Å². The molecule has 2 rings (SSSR count). The van der Waals surface area contributed by atoms with E-state index in [2.05, 4.69) is 10.2 Å². The fourth-order valence-corrected chi connectivity index (χ4v) is 1.44. The topological polar surface area (TPSA) is 120 Å². The van der Waals surface area contributed by atoms with E-state index >= 15 is 0 Å². The molecule has 2 aromatic rings. The normalized spacial score (nSPS) is 10.8. The average molecular weight is 276 g/mol. The van der Waals surface area contributed by atoms with Crippen molar-refractivity contribution < 1.29 is 9.84 Å². The first-order valence-corrected chi connectivity index (χ1v) is 5.80. The van der Waals surface area contributed by atoms with Gasteiger partial charge in [0.15, 0.2) is 0 Å². The highest BCUT2D eigenvalue weighted by Crippen LogP contribution is 2.22. The monoisotopic (exact) mass is 276 g/mol. The van der Waals surface area contributed by atoms with Gasteiger partial charge >= 0.3 is 5.69 Å². The molecule has 0 aliphatic carbocycles. The van der Waals surface area contributed by atoms with E-state index < -0.39 is 17.1 Å². The van der Waals surface area contributed by atoms with Gasteiger partial charge in [-0.1, -0.05) is 0 Å². The van der Waals surface area contributed by atoms with Crippen LogP contribution in [0.5, 0.6) is 11.6 Å². The highest BCUT2D eigenvalue weighted by Gasteiger charge is 2.06. The first kappa shape index (κ1) is 13.5. The molecule has 104 valence electrons. The molecular weight excluding hydrogens is 264 g/mol. The fraction of sp³-hybridized carbons (Fsp3) is 0.167. The number of hydrogen-bond acceptors (Lipinski definition) is 6. The van der Waals surface area contributed by atoms with Crippen LogP contribution in [0.25, 0.3) is 0 Å². The molecule has 3 N–H and O–H groups in total. The van der Waals surface area contributed by atoms with Gasteiger partial charge in [-0.15, -0.1) is 5.11 Å². The molecule has 1 aromatic carbocycles. The van der Waals surface area contributed by atoms with Crippen LogP contribution in [0.3, 0.4) is 0 Å². The Balaban J connectivity index is 2.25. The molecule has 20 heavy (non-hydrogen) atoms. The maximum Gasteiger partial charge on any atom is 0.328 e. The van der Waals surface area contributed by atoms with Crippen molar-refractivity contribution in [3.05, 3.63) is 45.1 Å². The minimum absolute atomic E-state index is 0.363. The van der Waals surface area contributed by atoms with E-state index in [0.717, 1.165) is 0 Å². The van der Waals surface area contributed by atoms with E-state index in [1.807, 2.05) is 16.9 Å². The molecule has 0 saturated heterocycles. The number of aromatic amines is 2. The first-order chi connectivity index (χ1) is 9.60. The first-order valence-electron chi connectivity index (χ1n) is 5.80. The average Bonchev–Trinajstić information content (AvgIpc) is 2.39. The van der Waals surface area contributed by atoms with E-state index in [1.165, 1.54) is 0 Å². The second kappa shape index (κ2) is 5.83. The Bertz CT molecular complexity index is 730. The lowest BCUT2D eigenvalue weighted by atomic mass is 10.3. The van der Waals surface area contributed by atoms with Crippen LogP contribution in [0.1, 0.15) is 6.92 Å². The smallest absolute Gasteiger partial charge is 0.328 e. The molecule has 0 radical (unpaired) electrons. The maximum absolute atomic E-state index is 11.4. The summed E-state index contributed by atoms with van der Waals surface area (Å²) in [4.78, 5) is 26.2. The Morgan fingerprint density at radius 1 is 1.15 bits per heavy atom. The summed E-state index contributed by atoms with van der Waals surface area (Å²) >= 11 is 0. The summed E-state index contributed by atoms with van der Waals surface area (Å²) in [5.74, 6) is 0.0598. The van der Waals surface area contributed by atoms with E-state index in [1.54, 1.807) is 24.3 Å². The Kier molecular flexibility index (Phi) is 3.94. The van der Waals surface area contributed by atoms with Crippen LogP contribution >= 0.6 is 0 Å². The van der Waals surface area contributed by atoms with Crippen LogP contribution in [-0.2, 0) is 0 Å². The van der Waals surface area contributed by atoms with Crippen LogP contribution in [0.4, 0.5) is 11.4 Å². The molecule has 0 spiro atoms. The van der Waals surface area contributed by atoms with E-state index in [4.69, 9.17) is 4.74 Å². The van der Waals surface area contributed by atoms with E-state index in [0.29, 0.717) is 18.0 Å². The number of ether oxygens (including phenoxy) is 1. The Morgan fingerprint density at radius 3 is 2.45 bits per heavy atom. The van der Waals surface area contributed by atoms with Gasteiger partial charge in [-0.3, -0.25) is 14.8 Å². The van der Waals surface area contributed by atoms with Crippen LogP contribution in [0, 0.1) is 0 Å². The van der Waals surface area contributed by atoms with Gasteiger partial charge in [0.25, 0.3) is 5.56 Å². The van der Waals surface area contributed by atoms with Gasteiger partial charge in [0.2, 0.25) is 11.6 Å². The molecule has 0 atom stereocenters. The summed E-state index contributed by atoms with van der Waals surface area (Å²) in [6.07, 6.45) is 0. The molecular formula is C12H12N4O4. The largest absolute Gasteiger partial charge is 0.494 e. The van der Waals surface area contributed by atoms with Gasteiger partial charge in [-0.25, -0.2) is 4.79 Å². The number of rotatable bonds is 4. The highest BCUT2D eigenvalue weighted by atomic mass is 16.5. The molecule has 0 aliphatic heterocycles. The zero-order valence-electron chi connectivity index (χ0n) is 10.6. The molecule has 0 fully saturated rings. The third-order valence-electron chi connectivity index (χ3n) is 2.31. The maximum atomic E-state index is 11.4. The van der Waals surface area contributed by atoms with Crippen molar-refractivity contribution in [3.8, 4) is 11.6 Å². The van der Waals surface area contributed by atoms with Crippen LogP contribution in [0.15, 0.2) is 44.1 Å². The van der Waals surface area contributed by atoms with Gasteiger partial charge in [0.1, 0.15) is 5.75 Å². The van der Waals surface area contributed by atoms with Crippen LogP contribution < -0.4 is 16.0 Å². The zero-order chi connectivity index (χ0) is 14.5. The van der Waals surface area contributed by atoms with E-state index in [9.17, 15) is 14.7 Å². The second-order valence-corrected chi connectivity index (χ2v) is 3.73. The summed E-state index contributed by atoms with van der Waals surface area (Å²) in [7, 11) is 0. The van der Waals surface area contributed by atoms with Gasteiger partial charge in [0.05, 0.1) is 12.3 Å². The lowest BCUT2D eigenvalue weighted by Gasteiger charge is -2.01. The molecule has 0 bridgehead atoms.